The lowest BCUT2D eigenvalue weighted by molar-refractivity contribution is -0.258. The molecule has 194 valence electrons. The first kappa shape index (κ1) is 25.9. The molecule has 8 heteroatoms. The quantitative estimate of drug-likeness (QED) is 0.347. The molecule has 0 bridgehead atoms. The van der Waals surface area contributed by atoms with E-state index in [1.54, 1.807) is 0 Å². The first-order valence-corrected chi connectivity index (χ1v) is 13.2. The summed E-state index contributed by atoms with van der Waals surface area (Å²) < 4.78 is 0. The lowest BCUT2D eigenvalue weighted by Crippen LogP contribution is -2.62. The second-order valence-electron chi connectivity index (χ2n) is 12.2. The Kier molecular flexibility index (Phi) is 7.36. The Morgan fingerprint density at radius 2 is 1.71 bits per heavy atom. The lowest BCUT2D eigenvalue weighted by atomic mass is 9.43. The zero-order chi connectivity index (χ0) is 24.8. The SMILES string of the molecule is CC(CCC(=O)OOC(=O)CN)C1CCC2C3C(O)CC4CC(O)CCC4(C)C3CC(O)C12C. The van der Waals surface area contributed by atoms with Crippen LogP contribution in [0.3, 0.4) is 0 Å². The Morgan fingerprint density at radius 1 is 1.00 bits per heavy atom. The van der Waals surface area contributed by atoms with Crippen molar-refractivity contribution in [3.05, 3.63) is 0 Å². The number of carbonyl (C=O) groups is 2. The van der Waals surface area contributed by atoms with Gasteiger partial charge in [-0.15, -0.1) is 0 Å². The van der Waals surface area contributed by atoms with E-state index in [0.29, 0.717) is 18.8 Å². The third-order valence-corrected chi connectivity index (χ3v) is 10.7. The number of hydrogen-bond donors (Lipinski definition) is 4. The fourth-order valence-corrected chi connectivity index (χ4v) is 8.85. The predicted molar refractivity (Wildman–Crippen MR) is 124 cm³/mol. The molecule has 4 saturated carbocycles. The van der Waals surface area contributed by atoms with Crippen LogP contribution in [0.4, 0.5) is 0 Å². The summed E-state index contributed by atoms with van der Waals surface area (Å²) in [6, 6.07) is 0. The smallest absolute Gasteiger partial charge is 0.368 e. The van der Waals surface area contributed by atoms with E-state index in [0.717, 1.165) is 38.5 Å². The van der Waals surface area contributed by atoms with Crippen molar-refractivity contribution in [3.63, 3.8) is 0 Å². The van der Waals surface area contributed by atoms with Crippen LogP contribution in [0.2, 0.25) is 0 Å². The van der Waals surface area contributed by atoms with Crippen LogP contribution in [0.25, 0.3) is 0 Å². The van der Waals surface area contributed by atoms with Crippen molar-refractivity contribution in [2.75, 3.05) is 6.54 Å². The Morgan fingerprint density at radius 3 is 2.41 bits per heavy atom. The highest BCUT2D eigenvalue weighted by atomic mass is 17.2. The van der Waals surface area contributed by atoms with Gasteiger partial charge in [0.05, 0.1) is 31.3 Å². The van der Waals surface area contributed by atoms with Gasteiger partial charge in [-0.3, -0.25) is 0 Å². The Labute approximate surface area is 202 Å². The number of hydrogen-bond acceptors (Lipinski definition) is 8. The number of carbonyl (C=O) groups excluding carboxylic acids is 2. The van der Waals surface area contributed by atoms with Crippen LogP contribution in [0.1, 0.15) is 78.6 Å². The first-order valence-electron chi connectivity index (χ1n) is 13.2. The Balaban J connectivity index is 1.46. The van der Waals surface area contributed by atoms with E-state index in [9.17, 15) is 24.9 Å². The van der Waals surface area contributed by atoms with Gasteiger partial charge in [0.25, 0.3) is 0 Å². The van der Waals surface area contributed by atoms with E-state index in [1.165, 1.54) is 0 Å². The molecule has 0 spiro atoms. The average Bonchev–Trinajstić information content (AvgIpc) is 3.16. The van der Waals surface area contributed by atoms with E-state index < -0.39 is 24.1 Å². The van der Waals surface area contributed by atoms with Crippen molar-refractivity contribution in [2.45, 2.75) is 96.9 Å². The molecule has 0 aliphatic heterocycles. The van der Waals surface area contributed by atoms with Gasteiger partial charge in [0.15, 0.2) is 0 Å². The van der Waals surface area contributed by atoms with Crippen LogP contribution in [0, 0.1) is 46.3 Å². The molecule has 0 aromatic carbocycles. The third kappa shape index (κ3) is 4.29. The molecule has 11 atom stereocenters. The molecular formula is C26H43NO7. The minimum atomic E-state index is -0.790. The minimum Gasteiger partial charge on any atom is -0.393 e. The molecule has 0 amide bonds. The summed E-state index contributed by atoms with van der Waals surface area (Å²) in [5, 5.41) is 33.2. The van der Waals surface area contributed by atoms with Crippen LogP contribution >= 0.6 is 0 Å². The molecule has 4 aliphatic rings. The summed E-state index contributed by atoms with van der Waals surface area (Å²) in [5.74, 6) is 0.00316. The lowest BCUT2D eigenvalue weighted by Gasteiger charge is -2.63. The second kappa shape index (κ2) is 9.68. The molecule has 0 radical (unpaired) electrons. The van der Waals surface area contributed by atoms with E-state index in [4.69, 9.17) is 5.73 Å². The molecule has 4 fully saturated rings. The topological polar surface area (TPSA) is 139 Å². The van der Waals surface area contributed by atoms with E-state index in [2.05, 4.69) is 30.5 Å². The van der Waals surface area contributed by atoms with Gasteiger partial charge in [0.1, 0.15) is 0 Å². The summed E-state index contributed by atoms with van der Waals surface area (Å²) in [6.07, 6.45) is 5.47. The number of aliphatic hydroxyl groups is 3. The highest BCUT2D eigenvalue weighted by Crippen LogP contribution is 2.68. The van der Waals surface area contributed by atoms with Crippen molar-refractivity contribution in [2.24, 2.45) is 52.1 Å². The monoisotopic (exact) mass is 481 g/mol. The molecule has 4 aliphatic carbocycles. The predicted octanol–water partition coefficient (Wildman–Crippen LogP) is 2.32. The van der Waals surface area contributed by atoms with Gasteiger partial charge in [-0.05, 0) is 97.7 Å². The number of aliphatic hydroxyl groups excluding tert-OH is 3. The molecule has 5 N–H and O–H groups in total. The van der Waals surface area contributed by atoms with Crippen LogP contribution < -0.4 is 5.73 Å². The molecule has 8 nitrogen and oxygen atoms in total. The van der Waals surface area contributed by atoms with Gasteiger partial charge in [0.2, 0.25) is 0 Å². The Hall–Kier alpha value is -1.22. The third-order valence-electron chi connectivity index (χ3n) is 10.7. The molecule has 0 heterocycles. The van der Waals surface area contributed by atoms with Crippen LogP contribution in [0.15, 0.2) is 0 Å². The van der Waals surface area contributed by atoms with Crippen LogP contribution in [-0.2, 0) is 19.4 Å². The zero-order valence-corrected chi connectivity index (χ0v) is 20.8. The van der Waals surface area contributed by atoms with Crippen molar-refractivity contribution in [1.82, 2.24) is 0 Å². The van der Waals surface area contributed by atoms with Gasteiger partial charge in [-0.1, -0.05) is 20.8 Å². The largest absolute Gasteiger partial charge is 0.393 e. The summed E-state index contributed by atoms with van der Waals surface area (Å²) in [5.41, 5.74) is 4.89. The second-order valence-corrected chi connectivity index (χ2v) is 12.2. The van der Waals surface area contributed by atoms with Gasteiger partial charge in [-0.2, -0.15) is 0 Å². The van der Waals surface area contributed by atoms with Crippen LogP contribution in [-0.4, -0.2) is 52.1 Å². The molecule has 0 aromatic heterocycles. The number of fused-ring (bicyclic) bond motifs is 5. The molecule has 0 saturated heterocycles. The van der Waals surface area contributed by atoms with Crippen molar-refractivity contribution >= 4 is 11.9 Å². The van der Waals surface area contributed by atoms with Crippen LogP contribution in [0.5, 0.6) is 0 Å². The zero-order valence-electron chi connectivity index (χ0n) is 20.8. The van der Waals surface area contributed by atoms with Gasteiger partial charge >= 0.3 is 11.9 Å². The van der Waals surface area contributed by atoms with E-state index >= 15 is 0 Å². The fraction of sp³-hybridized carbons (Fsp3) is 0.923. The van der Waals surface area contributed by atoms with Crippen molar-refractivity contribution in [3.8, 4) is 0 Å². The fourth-order valence-electron chi connectivity index (χ4n) is 8.85. The summed E-state index contributed by atoms with van der Waals surface area (Å²) in [6.45, 7) is 6.30. The highest BCUT2D eigenvalue weighted by Gasteiger charge is 2.65. The van der Waals surface area contributed by atoms with Gasteiger partial charge in [-0.25, -0.2) is 19.4 Å². The number of nitrogens with two attached hydrogens (primary N) is 1. The molecule has 11 unspecified atom stereocenters. The average molecular weight is 482 g/mol. The molecular weight excluding hydrogens is 438 g/mol. The van der Waals surface area contributed by atoms with Gasteiger partial charge < -0.3 is 21.1 Å². The molecule has 4 rings (SSSR count). The van der Waals surface area contributed by atoms with Gasteiger partial charge in [0, 0.05) is 0 Å². The van der Waals surface area contributed by atoms with E-state index in [1.807, 2.05) is 0 Å². The van der Waals surface area contributed by atoms with Crippen molar-refractivity contribution in [1.29, 1.82) is 0 Å². The maximum absolute atomic E-state index is 12.0. The van der Waals surface area contributed by atoms with Crippen molar-refractivity contribution < 1.29 is 34.7 Å². The Bertz CT molecular complexity index is 776. The molecule has 34 heavy (non-hydrogen) atoms. The summed E-state index contributed by atoms with van der Waals surface area (Å²) in [4.78, 5) is 32.0. The maximum atomic E-state index is 12.0. The summed E-state index contributed by atoms with van der Waals surface area (Å²) in [7, 11) is 0. The molecule has 0 aromatic rings. The van der Waals surface area contributed by atoms with E-state index in [-0.39, 0.29) is 59.5 Å². The minimum absolute atomic E-state index is 0.0554. The highest BCUT2D eigenvalue weighted by molar-refractivity contribution is 5.73. The standard InChI is InChI=1S/C26H43NO7/c1-14(4-7-22(31)33-34-23(32)13-27)17-5-6-18-24-19(12-21(30)26(17,18)3)25(2)9-8-16(28)10-15(25)11-20(24)29/h14-21,24,28-30H,4-13,27H2,1-3H3. The number of rotatable bonds is 5. The normalized spacial score (nSPS) is 46.6. The first-order chi connectivity index (χ1) is 16.0. The summed E-state index contributed by atoms with van der Waals surface area (Å²) >= 11 is 0. The maximum Gasteiger partial charge on any atom is 0.368 e.